The quantitative estimate of drug-likeness (QED) is 0.742. The van der Waals surface area contributed by atoms with E-state index in [1.54, 1.807) is 0 Å². The first-order valence-corrected chi connectivity index (χ1v) is 7.15. The molecule has 0 aliphatic heterocycles. The molecule has 0 fully saturated rings. The molecule has 23 heavy (non-hydrogen) atoms. The molecular weight excluding hydrogens is 302 g/mol. The monoisotopic (exact) mass is 325 g/mol. The lowest BCUT2D eigenvalue weighted by Crippen LogP contribution is -2.49. The van der Waals surface area contributed by atoms with Crippen molar-refractivity contribution in [3.8, 4) is 0 Å². The van der Waals surface area contributed by atoms with Gasteiger partial charge in [0.2, 0.25) is 0 Å². The van der Waals surface area contributed by atoms with Crippen molar-refractivity contribution in [1.82, 2.24) is 4.90 Å². The molecule has 1 unspecified atom stereocenters. The molecule has 0 aliphatic rings. The number of rotatable bonds is 9. The van der Waals surface area contributed by atoms with Crippen LogP contribution in [0.5, 0.6) is 0 Å². The number of aliphatic carboxylic acids is 1. The van der Waals surface area contributed by atoms with E-state index in [2.05, 4.69) is 0 Å². The summed E-state index contributed by atoms with van der Waals surface area (Å²) in [6, 6.07) is 8.07. The van der Waals surface area contributed by atoms with Gasteiger partial charge < -0.3 is 19.3 Å². The fourth-order valence-corrected chi connectivity index (χ4v) is 2.28. The number of amides is 1. The van der Waals surface area contributed by atoms with Crippen molar-refractivity contribution < 1.29 is 28.9 Å². The van der Waals surface area contributed by atoms with Gasteiger partial charge in [-0.1, -0.05) is 30.3 Å². The number of benzene rings is 1. The molecule has 0 aromatic heterocycles. The number of hydrogen-bond acceptors (Lipinski definition) is 5. The van der Waals surface area contributed by atoms with Crippen molar-refractivity contribution in [2.45, 2.75) is 12.6 Å². The highest BCUT2D eigenvalue weighted by atomic mass is 16.6. The fourth-order valence-electron chi connectivity index (χ4n) is 2.28. The number of ether oxygens (including phenoxy) is 3. The van der Waals surface area contributed by atoms with E-state index in [0.29, 0.717) is 0 Å². The topological polar surface area (TPSA) is 85.3 Å². The van der Waals surface area contributed by atoms with Gasteiger partial charge in [0.1, 0.15) is 12.6 Å². The number of methoxy groups -OCH3 is 2. The highest BCUT2D eigenvalue weighted by molar-refractivity contribution is 5.80. The maximum Gasteiger partial charge on any atom is 0.410 e. The van der Waals surface area contributed by atoms with E-state index in [9.17, 15) is 14.7 Å². The minimum absolute atomic E-state index is 0.0789. The lowest BCUT2D eigenvalue weighted by Gasteiger charge is -2.30. The third kappa shape index (κ3) is 5.88. The molecule has 0 radical (unpaired) electrons. The normalized spacial score (nSPS) is 12.0. The number of likely N-dealkylation sites (N-methyl/N-ethyl adjacent to an activating group) is 1. The van der Waals surface area contributed by atoms with Crippen LogP contribution in [0.3, 0.4) is 0 Å². The van der Waals surface area contributed by atoms with Crippen LogP contribution in [0, 0.1) is 5.92 Å². The number of hydrogen-bond donors (Lipinski definition) is 1. The van der Waals surface area contributed by atoms with Crippen molar-refractivity contribution in [3.63, 3.8) is 0 Å². The Balaban J connectivity index is 2.73. The summed E-state index contributed by atoms with van der Waals surface area (Å²) in [4.78, 5) is 24.7. The summed E-state index contributed by atoms with van der Waals surface area (Å²) in [6.07, 6.45) is -0.710. The Morgan fingerprint density at radius 3 is 2.17 bits per heavy atom. The van der Waals surface area contributed by atoms with Gasteiger partial charge in [-0.3, -0.25) is 4.90 Å². The maximum atomic E-state index is 12.1. The van der Waals surface area contributed by atoms with Crippen LogP contribution in [0.25, 0.3) is 0 Å². The smallest absolute Gasteiger partial charge is 0.410 e. The summed E-state index contributed by atoms with van der Waals surface area (Å²) in [5.41, 5.74) is 0.825. The number of carboxylic acid groups (broad SMARTS) is 1. The van der Waals surface area contributed by atoms with E-state index in [1.165, 1.54) is 21.3 Å². The molecule has 0 bridgehead atoms. The summed E-state index contributed by atoms with van der Waals surface area (Å²) in [5, 5.41) is 9.44. The van der Waals surface area contributed by atoms with Crippen molar-refractivity contribution in [3.05, 3.63) is 35.9 Å². The van der Waals surface area contributed by atoms with Gasteiger partial charge in [0, 0.05) is 27.2 Å². The van der Waals surface area contributed by atoms with E-state index in [4.69, 9.17) is 14.2 Å². The molecule has 0 heterocycles. The summed E-state index contributed by atoms with van der Waals surface area (Å²) < 4.78 is 15.2. The second-order valence-electron chi connectivity index (χ2n) is 5.10. The van der Waals surface area contributed by atoms with Gasteiger partial charge in [0.15, 0.2) is 0 Å². The van der Waals surface area contributed by atoms with Crippen LogP contribution in [-0.4, -0.2) is 62.6 Å². The van der Waals surface area contributed by atoms with Crippen LogP contribution >= 0.6 is 0 Å². The van der Waals surface area contributed by atoms with Gasteiger partial charge in [0.25, 0.3) is 0 Å². The van der Waals surface area contributed by atoms with Crippen LogP contribution < -0.4 is 0 Å². The van der Waals surface area contributed by atoms with Crippen molar-refractivity contribution >= 4 is 12.1 Å². The van der Waals surface area contributed by atoms with E-state index in [-0.39, 0.29) is 19.8 Å². The highest BCUT2D eigenvalue weighted by Gasteiger charge is 2.35. The first-order chi connectivity index (χ1) is 11.0. The Bertz CT molecular complexity index is 487. The largest absolute Gasteiger partial charge is 0.480 e. The van der Waals surface area contributed by atoms with Crippen LogP contribution in [-0.2, 0) is 25.6 Å². The highest BCUT2D eigenvalue weighted by Crippen LogP contribution is 2.14. The molecule has 128 valence electrons. The first kappa shape index (κ1) is 18.9. The molecule has 1 aromatic carbocycles. The Morgan fingerprint density at radius 1 is 1.13 bits per heavy atom. The minimum atomic E-state index is -1.14. The van der Waals surface area contributed by atoms with Crippen molar-refractivity contribution in [1.29, 1.82) is 0 Å². The zero-order chi connectivity index (χ0) is 17.2. The van der Waals surface area contributed by atoms with Gasteiger partial charge in [-0.2, -0.15) is 0 Å². The van der Waals surface area contributed by atoms with E-state index in [0.717, 1.165) is 10.5 Å². The fraction of sp³-hybridized carbons (Fsp3) is 0.500. The average molecular weight is 325 g/mol. The molecule has 7 nitrogen and oxygen atoms in total. The number of carbonyl (C=O) groups is 2. The zero-order valence-corrected chi connectivity index (χ0v) is 13.6. The molecule has 1 amide bonds. The second kappa shape index (κ2) is 9.81. The Labute approximate surface area is 135 Å². The van der Waals surface area contributed by atoms with Crippen LogP contribution in [0.1, 0.15) is 5.56 Å². The SMILES string of the molecule is COCC(COC)C(C(=O)O)N(C)C(=O)OCc1ccccc1. The Morgan fingerprint density at radius 2 is 1.70 bits per heavy atom. The third-order valence-corrected chi connectivity index (χ3v) is 3.37. The van der Waals surface area contributed by atoms with Gasteiger partial charge in [-0.05, 0) is 5.56 Å². The molecule has 1 rings (SSSR count). The second-order valence-corrected chi connectivity index (χ2v) is 5.10. The average Bonchev–Trinajstić information content (AvgIpc) is 2.53. The summed E-state index contributed by atoms with van der Waals surface area (Å²) in [7, 11) is 4.33. The molecule has 0 spiro atoms. The summed E-state index contributed by atoms with van der Waals surface area (Å²) in [5.74, 6) is -1.64. The van der Waals surface area contributed by atoms with Crippen LogP contribution in [0.15, 0.2) is 30.3 Å². The number of carboxylic acids is 1. The summed E-state index contributed by atoms with van der Waals surface area (Å²) >= 11 is 0. The molecule has 1 N–H and O–H groups in total. The molecule has 7 heteroatoms. The van der Waals surface area contributed by atoms with E-state index >= 15 is 0 Å². The van der Waals surface area contributed by atoms with Crippen molar-refractivity contribution in [2.75, 3.05) is 34.5 Å². The molecule has 0 saturated carbocycles. The van der Waals surface area contributed by atoms with E-state index < -0.39 is 24.0 Å². The van der Waals surface area contributed by atoms with Crippen molar-refractivity contribution in [2.24, 2.45) is 5.92 Å². The van der Waals surface area contributed by atoms with E-state index in [1.807, 2.05) is 30.3 Å². The molecule has 1 aromatic rings. The Hall–Kier alpha value is -2.12. The van der Waals surface area contributed by atoms with Gasteiger partial charge in [0.05, 0.1) is 13.2 Å². The predicted octanol–water partition coefficient (Wildman–Crippen LogP) is 1.62. The standard InChI is InChI=1S/C16H23NO6/c1-17(14(15(18)19)13(10-21-2)11-22-3)16(20)23-9-12-7-5-4-6-8-12/h4-8,13-14H,9-11H2,1-3H3,(H,18,19). The Kier molecular flexibility index (Phi) is 8.07. The lowest BCUT2D eigenvalue weighted by molar-refractivity contribution is -0.146. The van der Waals surface area contributed by atoms with Crippen LogP contribution in [0.2, 0.25) is 0 Å². The molecule has 0 saturated heterocycles. The molecular formula is C16H23NO6. The maximum absolute atomic E-state index is 12.1. The molecule has 1 atom stereocenters. The minimum Gasteiger partial charge on any atom is -0.480 e. The number of carbonyl (C=O) groups excluding carboxylic acids is 1. The zero-order valence-electron chi connectivity index (χ0n) is 13.6. The first-order valence-electron chi connectivity index (χ1n) is 7.15. The predicted molar refractivity (Wildman–Crippen MR) is 83.1 cm³/mol. The number of nitrogens with zero attached hydrogens (tertiary/aromatic N) is 1. The van der Waals surface area contributed by atoms with Gasteiger partial charge in [-0.25, -0.2) is 9.59 Å². The van der Waals surface area contributed by atoms with Gasteiger partial charge in [-0.15, -0.1) is 0 Å². The third-order valence-electron chi connectivity index (χ3n) is 3.37. The van der Waals surface area contributed by atoms with Gasteiger partial charge >= 0.3 is 12.1 Å². The summed E-state index contributed by atoms with van der Waals surface area (Å²) in [6.45, 7) is 0.387. The lowest BCUT2D eigenvalue weighted by atomic mass is 10.0. The van der Waals surface area contributed by atoms with Crippen LogP contribution in [0.4, 0.5) is 4.79 Å². The molecule has 0 aliphatic carbocycles.